The van der Waals surface area contributed by atoms with Gasteiger partial charge in [0.25, 0.3) is 5.69 Å². The Kier molecular flexibility index (Phi) is 7.15. The molecular weight excluding hydrogens is 453 g/mol. The average molecular weight is 468 g/mol. The van der Waals surface area contributed by atoms with Crippen molar-refractivity contribution in [2.24, 2.45) is 5.14 Å². The molecule has 0 bridgehead atoms. The van der Waals surface area contributed by atoms with E-state index in [1.807, 2.05) is 6.07 Å². The van der Waals surface area contributed by atoms with E-state index in [1.165, 1.54) is 17.8 Å². The molecule has 10 heteroatoms. The van der Waals surface area contributed by atoms with Gasteiger partial charge < -0.3 is 5.32 Å². The molecule has 1 atom stereocenters. The Morgan fingerprint density at radius 3 is 2.55 bits per heavy atom. The van der Waals surface area contributed by atoms with Crippen molar-refractivity contribution in [3.63, 3.8) is 0 Å². The molecule has 0 heterocycles. The van der Waals surface area contributed by atoms with E-state index >= 15 is 0 Å². The van der Waals surface area contributed by atoms with E-state index < -0.39 is 15.9 Å². The summed E-state index contributed by atoms with van der Waals surface area (Å²) in [6, 6.07) is 17.0. The normalized spacial score (nSPS) is 11.8. The summed E-state index contributed by atoms with van der Waals surface area (Å²) in [6.07, 6.45) is 0. The molecule has 0 saturated heterocycles. The summed E-state index contributed by atoms with van der Waals surface area (Å²) in [5, 5.41) is 20.9. The zero-order chi connectivity index (χ0) is 21.0. The van der Waals surface area contributed by atoms with Gasteiger partial charge >= 0.3 is 0 Å². The van der Waals surface area contributed by atoms with Crippen molar-refractivity contribution in [1.29, 1.82) is 0 Å². The summed E-state index contributed by atoms with van der Waals surface area (Å²) in [4.78, 5) is 12.9. The lowest BCUT2D eigenvalue weighted by molar-refractivity contribution is -0.387. The molecule has 0 aliphatic carbocycles. The lowest BCUT2D eigenvalue weighted by Crippen LogP contribution is -2.04. The number of nitrogens with one attached hydrogen (secondary N) is 1. The number of nitro benzene ring substituents is 1. The average Bonchev–Trinajstić information content (AvgIpc) is 2.70. The van der Waals surface area contributed by atoms with Crippen LogP contribution in [-0.2, 0) is 17.5 Å². The second kappa shape index (κ2) is 9.60. The minimum absolute atomic E-state index is 0.00261. The van der Waals surface area contributed by atoms with Crippen LogP contribution in [0.15, 0.2) is 75.4 Å². The number of nitrogens with zero attached hydrogens (tertiary/aromatic N) is 1. The minimum Gasteiger partial charge on any atom is -0.381 e. The third-order valence-corrected chi connectivity index (χ3v) is 6.41. The molecule has 29 heavy (non-hydrogen) atoms. The number of benzene rings is 3. The number of halogens is 2. The summed E-state index contributed by atoms with van der Waals surface area (Å²) in [6.45, 7) is 0.360. The maximum atomic E-state index is 11.6. The van der Waals surface area contributed by atoms with Crippen molar-refractivity contribution in [2.75, 3.05) is 5.32 Å². The number of hydrogen-bond acceptors (Lipinski definition) is 5. The first-order chi connectivity index (χ1) is 13.8. The van der Waals surface area contributed by atoms with Gasteiger partial charge in [0.1, 0.15) is 11.0 Å². The summed E-state index contributed by atoms with van der Waals surface area (Å²) >= 11 is 13.2. The van der Waals surface area contributed by atoms with E-state index in [0.717, 1.165) is 16.1 Å². The van der Waals surface area contributed by atoms with E-state index in [9.17, 15) is 14.3 Å². The van der Waals surface area contributed by atoms with Gasteiger partial charge in [0, 0.05) is 23.2 Å². The second-order valence-corrected chi connectivity index (χ2v) is 8.91. The number of anilines is 1. The van der Waals surface area contributed by atoms with Crippen molar-refractivity contribution in [3.05, 3.63) is 86.4 Å². The van der Waals surface area contributed by atoms with Crippen LogP contribution in [0.5, 0.6) is 0 Å². The number of rotatable bonds is 7. The van der Waals surface area contributed by atoms with Crippen molar-refractivity contribution in [2.45, 2.75) is 21.2 Å². The Bertz CT molecular complexity index is 1100. The number of nitrogens with two attached hydrogens (primary N) is 1. The zero-order valence-corrected chi connectivity index (χ0v) is 17.9. The molecule has 0 saturated carbocycles. The van der Waals surface area contributed by atoms with E-state index in [4.69, 9.17) is 28.3 Å². The van der Waals surface area contributed by atoms with Crippen molar-refractivity contribution < 1.29 is 9.13 Å². The Hall–Kier alpha value is -2.10. The van der Waals surface area contributed by atoms with Gasteiger partial charge in [-0.15, -0.1) is 0 Å². The summed E-state index contributed by atoms with van der Waals surface area (Å²) < 4.78 is 11.4. The zero-order valence-electron chi connectivity index (χ0n) is 14.8. The monoisotopic (exact) mass is 467 g/mol. The van der Waals surface area contributed by atoms with Crippen molar-refractivity contribution in [3.8, 4) is 0 Å². The lowest BCUT2D eigenvalue weighted by atomic mass is 10.2. The highest BCUT2D eigenvalue weighted by Crippen LogP contribution is 2.37. The maximum Gasteiger partial charge on any atom is 0.283 e. The van der Waals surface area contributed by atoms with Gasteiger partial charge in [-0.3, -0.25) is 10.1 Å². The SMILES string of the molecule is NS(=O)c1cccc(NCc2ccc(Sc3ccc(Cl)c(Cl)c3)c([N+](=O)[O-])c2)c1. The molecule has 0 aliphatic rings. The minimum atomic E-state index is -1.57. The smallest absolute Gasteiger partial charge is 0.283 e. The van der Waals surface area contributed by atoms with Crippen molar-refractivity contribution in [1.82, 2.24) is 0 Å². The molecule has 6 nitrogen and oxygen atoms in total. The van der Waals surface area contributed by atoms with Gasteiger partial charge in [-0.1, -0.05) is 47.1 Å². The van der Waals surface area contributed by atoms with Crippen molar-refractivity contribution >= 4 is 57.3 Å². The Morgan fingerprint density at radius 2 is 1.86 bits per heavy atom. The fourth-order valence-electron chi connectivity index (χ4n) is 2.50. The first-order valence-corrected chi connectivity index (χ1v) is 11.0. The van der Waals surface area contributed by atoms with Crippen LogP contribution in [0.3, 0.4) is 0 Å². The Balaban J connectivity index is 1.78. The van der Waals surface area contributed by atoms with E-state index in [1.54, 1.807) is 48.5 Å². The predicted molar refractivity (Wildman–Crippen MR) is 118 cm³/mol. The van der Waals surface area contributed by atoms with Gasteiger partial charge in [0.15, 0.2) is 0 Å². The van der Waals surface area contributed by atoms with Crippen LogP contribution in [-0.4, -0.2) is 9.13 Å². The van der Waals surface area contributed by atoms with E-state index in [0.29, 0.717) is 26.4 Å². The highest BCUT2D eigenvalue weighted by molar-refractivity contribution is 7.99. The van der Waals surface area contributed by atoms with Gasteiger partial charge in [-0.25, -0.2) is 9.35 Å². The van der Waals surface area contributed by atoms with E-state index in [2.05, 4.69) is 5.32 Å². The Morgan fingerprint density at radius 1 is 1.07 bits per heavy atom. The van der Waals surface area contributed by atoms with Gasteiger partial charge in [0.05, 0.1) is 24.8 Å². The highest BCUT2D eigenvalue weighted by atomic mass is 35.5. The van der Waals surface area contributed by atoms with Crippen LogP contribution in [0, 0.1) is 10.1 Å². The lowest BCUT2D eigenvalue weighted by Gasteiger charge is -2.09. The predicted octanol–water partition coefficient (Wildman–Crippen LogP) is 5.65. The molecule has 3 aromatic carbocycles. The summed E-state index contributed by atoms with van der Waals surface area (Å²) in [5.41, 5.74) is 1.45. The Labute approximate surface area is 184 Å². The second-order valence-electron chi connectivity index (χ2n) is 5.92. The standard InChI is InChI=1S/C19H15Cl2N3O3S2/c20-16-6-5-14(10-17(16)21)28-19-7-4-12(8-18(19)24(25)26)11-23-13-2-1-3-15(9-13)29(22)27/h1-10,23H,11,22H2. The van der Waals surface area contributed by atoms with Gasteiger partial charge in [-0.2, -0.15) is 0 Å². The number of nitro groups is 1. The topological polar surface area (TPSA) is 98.3 Å². The van der Waals surface area contributed by atoms with Gasteiger partial charge in [-0.05, 0) is 48.0 Å². The molecule has 0 amide bonds. The maximum absolute atomic E-state index is 11.6. The van der Waals surface area contributed by atoms with Crippen LogP contribution in [0.1, 0.15) is 5.56 Å². The molecule has 3 aromatic rings. The van der Waals surface area contributed by atoms with Crippen LogP contribution < -0.4 is 10.5 Å². The van der Waals surface area contributed by atoms with Crippen LogP contribution in [0.2, 0.25) is 10.0 Å². The molecule has 3 N–H and O–H groups in total. The fraction of sp³-hybridized carbons (Fsp3) is 0.0526. The molecule has 0 fully saturated rings. The third kappa shape index (κ3) is 5.71. The molecule has 0 spiro atoms. The fourth-order valence-corrected chi connectivity index (χ4v) is 4.26. The number of hydrogen-bond donors (Lipinski definition) is 2. The molecule has 3 rings (SSSR count). The molecule has 150 valence electrons. The molecule has 0 aliphatic heterocycles. The molecule has 1 unspecified atom stereocenters. The van der Waals surface area contributed by atoms with Crippen LogP contribution >= 0.6 is 35.0 Å². The van der Waals surface area contributed by atoms with Gasteiger partial charge in [0.2, 0.25) is 0 Å². The highest BCUT2D eigenvalue weighted by Gasteiger charge is 2.16. The third-order valence-electron chi connectivity index (χ3n) is 3.90. The van der Waals surface area contributed by atoms with Crippen LogP contribution in [0.25, 0.3) is 0 Å². The van der Waals surface area contributed by atoms with Crippen LogP contribution in [0.4, 0.5) is 11.4 Å². The molecule has 0 aromatic heterocycles. The molecule has 0 radical (unpaired) electrons. The summed E-state index contributed by atoms with van der Waals surface area (Å²) in [7, 11) is -1.57. The largest absolute Gasteiger partial charge is 0.381 e. The van der Waals surface area contributed by atoms with E-state index in [-0.39, 0.29) is 5.69 Å². The first-order valence-electron chi connectivity index (χ1n) is 8.24. The quantitative estimate of drug-likeness (QED) is 0.345. The first kappa shape index (κ1) is 21.6. The molecular formula is C19H15Cl2N3O3S2. The summed E-state index contributed by atoms with van der Waals surface area (Å²) in [5.74, 6) is 0.